The van der Waals surface area contributed by atoms with Crippen LogP contribution in [0.3, 0.4) is 0 Å². The van der Waals surface area contributed by atoms with Crippen molar-refractivity contribution in [1.29, 1.82) is 0 Å². The van der Waals surface area contributed by atoms with Gasteiger partial charge in [-0.3, -0.25) is 4.79 Å². The average Bonchev–Trinajstić information content (AvgIpc) is 3.15. The number of nitrogens with one attached hydrogen (secondary N) is 1. The Balaban J connectivity index is 2.21. The van der Waals surface area contributed by atoms with Crippen LogP contribution in [0.1, 0.15) is 44.1 Å². The number of sulfonamides is 1. The Kier molecular flexibility index (Phi) is 4.97. The quantitative estimate of drug-likeness (QED) is 0.898. The summed E-state index contributed by atoms with van der Waals surface area (Å²) in [6.45, 7) is 7.33. The molecule has 0 aliphatic carbocycles. The van der Waals surface area contributed by atoms with Crippen LogP contribution in [0.2, 0.25) is 0 Å². The van der Waals surface area contributed by atoms with Crippen LogP contribution in [0.5, 0.6) is 0 Å². The average molecular weight is 327 g/mol. The van der Waals surface area contributed by atoms with Gasteiger partial charge >= 0.3 is 0 Å². The number of carbonyl (C=O) groups excluding carboxylic acids is 1. The molecule has 6 nitrogen and oxygen atoms in total. The van der Waals surface area contributed by atoms with Gasteiger partial charge in [0, 0.05) is 32.4 Å². The van der Waals surface area contributed by atoms with Crippen molar-refractivity contribution in [3.8, 4) is 0 Å². The summed E-state index contributed by atoms with van der Waals surface area (Å²) in [5, 5.41) is 0. The highest BCUT2D eigenvalue weighted by Crippen LogP contribution is 2.21. The molecule has 0 saturated carbocycles. The van der Waals surface area contributed by atoms with Crippen LogP contribution in [-0.2, 0) is 10.0 Å². The zero-order valence-electron chi connectivity index (χ0n) is 13.7. The molecule has 1 atom stereocenters. The smallest absolute Gasteiger partial charge is 0.270 e. The molecule has 2 rings (SSSR count). The molecule has 0 bridgehead atoms. The molecule has 2 heterocycles. The van der Waals surface area contributed by atoms with Gasteiger partial charge in [0.1, 0.15) is 10.6 Å². The van der Waals surface area contributed by atoms with Gasteiger partial charge in [-0.1, -0.05) is 13.8 Å². The third-order valence-electron chi connectivity index (χ3n) is 4.50. The lowest BCUT2D eigenvalue weighted by molar-refractivity contribution is 0.0787. The van der Waals surface area contributed by atoms with Crippen LogP contribution in [0.4, 0.5) is 0 Å². The van der Waals surface area contributed by atoms with Crippen molar-refractivity contribution in [2.45, 2.75) is 44.6 Å². The van der Waals surface area contributed by atoms with E-state index in [1.807, 2.05) is 20.8 Å². The summed E-state index contributed by atoms with van der Waals surface area (Å²) in [5.41, 5.74) is 0.339. The van der Waals surface area contributed by atoms with E-state index in [4.69, 9.17) is 0 Å². The predicted octanol–water partition coefficient (Wildman–Crippen LogP) is 1.92. The highest BCUT2D eigenvalue weighted by atomic mass is 32.2. The Morgan fingerprint density at radius 2 is 1.86 bits per heavy atom. The third-order valence-corrected chi connectivity index (χ3v) is 6.42. The van der Waals surface area contributed by atoms with Gasteiger partial charge in [-0.15, -0.1) is 0 Å². The fourth-order valence-corrected chi connectivity index (χ4v) is 4.03. The Bertz CT molecular complexity index is 630. The normalized spacial score (nSPS) is 17.5. The molecule has 0 spiro atoms. The molecule has 1 aromatic rings. The minimum absolute atomic E-state index is 0.113. The van der Waals surface area contributed by atoms with E-state index in [1.165, 1.54) is 16.6 Å². The predicted molar refractivity (Wildman–Crippen MR) is 85.2 cm³/mol. The van der Waals surface area contributed by atoms with E-state index in [-0.39, 0.29) is 22.8 Å². The molecule has 0 unspecified atom stereocenters. The molecule has 1 saturated heterocycles. The molecule has 124 valence electrons. The number of carbonyl (C=O) groups is 1. The lowest BCUT2D eigenvalue weighted by atomic mass is 10.1. The van der Waals surface area contributed by atoms with E-state index in [0.717, 1.165) is 25.9 Å². The summed E-state index contributed by atoms with van der Waals surface area (Å²) in [6.07, 6.45) is 3.42. The number of hydrogen-bond donors (Lipinski definition) is 1. The molecular weight excluding hydrogens is 302 g/mol. The number of nitrogens with zero attached hydrogens (tertiary/aromatic N) is 2. The monoisotopic (exact) mass is 327 g/mol. The molecular formula is C15H25N3O3S. The van der Waals surface area contributed by atoms with E-state index in [2.05, 4.69) is 4.98 Å². The molecule has 1 aliphatic heterocycles. The number of amides is 1. The Labute approximate surface area is 132 Å². The SMILES string of the molecule is CC(C)[C@H](C)N(C)S(=O)(=O)c1c[nH]c(C(=O)N2CCCC2)c1. The Morgan fingerprint density at radius 3 is 2.41 bits per heavy atom. The van der Waals surface area contributed by atoms with Crippen molar-refractivity contribution in [1.82, 2.24) is 14.2 Å². The number of rotatable bonds is 5. The fraction of sp³-hybridized carbons (Fsp3) is 0.667. The third kappa shape index (κ3) is 3.20. The number of likely N-dealkylation sites (tertiary alicyclic amines) is 1. The summed E-state index contributed by atoms with van der Waals surface area (Å²) in [7, 11) is -2.01. The first kappa shape index (κ1) is 17.0. The minimum Gasteiger partial charge on any atom is -0.356 e. The van der Waals surface area contributed by atoms with Crippen LogP contribution >= 0.6 is 0 Å². The van der Waals surface area contributed by atoms with Crippen LogP contribution in [-0.4, -0.2) is 54.7 Å². The number of aromatic nitrogens is 1. The van der Waals surface area contributed by atoms with E-state index in [1.54, 1.807) is 11.9 Å². The van der Waals surface area contributed by atoms with Crippen LogP contribution in [0.15, 0.2) is 17.2 Å². The maximum Gasteiger partial charge on any atom is 0.270 e. The van der Waals surface area contributed by atoms with Gasteiger partial charge in [0.05, 0.1) is 0 Å². The van der Waals surface area contributed by atoms with Gasteiger partial charge in [-0.05, 0) is 31.7 Å². The molecule has 7 heteroatoms. The lowest BCUT2D eigenvalue weighted by Crippen LogP contribution is -2.38. The summed E-state index contributed by atoms with van der Waals surface area (Å²) in [4.78, 5) is 17.0. The van der Waals surface area contributed by atoms with Gasteiger partial charge in [0.15, 0.2) is 0 Å². The second kappa shape index (κ2) is 6.42. The van der Waals surface area contributed by atoms with Crippen molar-refractivity contribution in [2.24, 2.45) is 5.92 Å². The molecule has 0 aromatic carbocycles. The lowest BCUT2D eigenvalue weighted by Gasteiger charge is -2.26. The maximum absolute atomic E-state index is 12.6. The first-order chi connectivity index (χ1) is 10.2. The molecule has 1 fully saturated rings. The highest BCUT2D eigenvalue weighted by molar-refractivity contribution is 7.89. The van der Waals surface area contributed by atoms with Gasteiger partial charge in [-0.25, -0.2) is 8.42 Å². The summed E-state index contributed by atoms with van der Waals surface area (Å²) >= 11 is 0. The Hall–Kier alpha value is -1.34. The number of aromatic amines is 1. The first-order valence-corrected chi connectivity index (χ1v) is 9.15. The first-order valence-electron chi connectivity index (χ1n) is 7.71. The molecule has 1 N–H and O–H groups in total. The highest BCUT2D eigenvalue weighted by Gasteiger charge is 2.29. The Morgan fingerprint density at radius 1 is 1.27 bits per heavy atom. The summed E-state index contributed by atoms with van der Waals surface area (Å²) in [5.74, 6) is 0.0860. The van der Waals surface area contributed by atoms with Crippen molar-refractivity contribution in [2.75, 3.05) is 20.1 Å². The van der Waals surface area contributed by atoms with E-state index >= 15 is 0 Å². The van der Waals surface area contributed by atoms with Crippen molar-refractivity contribution in [3.63, 3.8) is 0 Å². The molecule has 22 heavy (non-hydrogen) atoms. The molecule has 1 amide bonds. The van der Waals surface area contributed by atoms with Crippen molar-refractivity contribution >= 4 is 15.9 Å². The van der Waals surface area contributed by atoms with Gasteiger partial charge in [0.25, 0.3) is 5.91 Å². The van der Waals surface area contributed by atoms with Crippen LogP contribution in [0.25, 0.3) is 0 Å². The largest absolute Gasteiger partial charge is 0.356 e. The van der Waals surface area contributed by atoms with Gasteiger partial charge in [-0.2, -0.15) is 4.31 Å². The van der Waals surface area contributed by atoms with E-state index < -0.39 is 10.0 Å². The summed E-state index contributed by atoms with van der Waals surface area (Å²) in [6, 6.07) is 1.33. The zero-order valence-corrected chi connectivity index (χ0v) is 14.5. The summed E-state index contributed by atoms with van der Waals surface area (Å²) < 4.78 is 26.6. The zero-order chi connectivity index (χ0) is 16.5. The van der Waals surface area contributed by atoms with Crippen LogP contribution in [0, 0.1) is 5.92 Å². The molecule has 1 aromatic heterocycles. The fourth-order valence-electron chi connectivity index (χ4n) is 2.54. The minimum atomic E-state index is -3.59. The second-order valence-electron chi connectivity index (χ2n) is 6.25. The van der Waals surface area contributed by atoms with E-state index in [9.17, 15) is 13.2 Å². The van der Waals surface area contributed by atoms with Crippen LogP contribution < -0.4 is 0 Å². The molecule has 0 radical (unpaired) electrons. The number of hydrogen-bond acceptors (Lipinski definition) is 3. The van der Waals surface area contributed by atoms with Crippen molar-refractivity contribution in [3.05, 3.63) is 18.0 Å². The number of H-pyrrole nitrogens is 1. The van der Waals surface area contributed by atoms with Crippen molar-refractivity contribution < 1.29 is 13.2 Å². The standard InChI is InChI=1S/C15H25N3O3S/c1-11(2)12(3)17(4)22(20,21)13-9-14(16-10-13)15(19)18-7-5-6-8-18/h9-12,16H,5-8H2,1-4H3/t12-/m0/s1. The van der Waals surface area contributed by atoms with Gasteiger partial charge < -0.3 is 9.88 Å². The van der Waals surface area contributed by atoms with Gasteiger partial charge in [0.2, 0.25) is 10.0 Å². The van der Waals surface area contributed by atoms with E-state index in [0.29, 0.717) is 5.69 Å². The topological polar surface area (TPSA) is 73.5 Å². The maximum atomic E-state index is 12.6. The molecule has 1 aliphatic rings. The second-order valence-corrected chi connectivity index (χ2v) is 8.25.